The van der Waals surface area contributed by atoms with Crippen LogP contribution in [0.5, 0.6) is 11.5 Å². The highest BCUT2D eigenvalue weighted by atomic mass is 16.5. The van der Waals surface area contributed by atoms with Crippen LogP contribution >= 0.6 is 0 Å². The lowest BCUT2D eigenvalue weighted by Gasteiger charge is -2.20. The smallest absolute Gasteiger partial charge is 0.145 e. The van der Waals surface area contributed by atoms with Gasteiger partial charge in [-0.1, -0.05) is 108 Å². The molecule has 0 aliphatic rings. The van der Waals surface area contributed by atoms with E-state index in [4.69, 9.17) is 19.1 Å². The molecule has 0 fully saturated rings. The number of pyridine rings is 2. The molecule has 0 radical (unpaired) electrons. The molecule has 0 unspecified atom stereocenters. The Labute approximate surface area is 309 Å². The molecule has 5 heteroatoms. The van der Waals surface area contributed by atoms with Crippen molar-refractivity contribution in [2.75, 3.05) is 0 Å². The molecule has 9 aromatic rings. The highest BCUT2D eigenvalue weighted by Gasteiger charge is 2.22. The second kappa shape index (κ2) is 12.2. The van der Waals surface area contributed by atoms with Crippen LogP contribution in [0.25, 0.3) is 71.9 Å². The van der Waals surface area contributed by atoms with Crippen molar-refractivity contribution in [2.45, 2.75) is 52.4 Å². The first-order valence-corrected chi connectivity index (χ1v) is 18.2. The first-order chi connectivity index (χ1) is 25.5. The summed E-state index contributed by atoms with van der Waals surface area (Å²) in [5, 5.41) is 4.32. The van der Waals surface area contributed by atoms with Crippen LogP contribution < -0.4 is 4.74 Å². The van der Waals surface area contributed by atoms with Crippen molar-refractivity contribution in [1.82, 2.24) is 14.5 Å². The van der Waals surface area contributed by atoms with Crippen LogP contribution in [0.1, 0.15) is 52.7 Å². The molecule has 5 nitrogen and oxygen atoms in total. The van der Waals surface area contributed by atoms with Crippen molar-refractivity contribution < 1.29 is 9.15 Å². The number of ether oxygens (including phenoxy) is 1. The standard InChI is InChI=1S/C48H41N3O2/c1-47(2,3)31-21-23-49-41(25-31)40-28-34(27-39-38-17-12-16-35(45(38)53-46(39)40)30-13-8-7-9-14-30)52-33-19-20-37-36-15-10-11-18-42(36)51(43(37)29-33)44-26-32(22-24-50-44)48(4,5)6/h7-29H,1-6H3. The molecule has 4 aromatic heterocycles. The van der Waals surface area contributed by atoms with Gasteiger partial charge in [-0.2, -0.15) is 0 Å². The zero-order valence-electron chi connectivity index (χ0n) is 30.9. The Morgan fingerprint density at radius 1 is 0.509 bits per heavy atom. The molecule has 5 aromatic carbocycles. The summed E-state index contributed by atoms with van der Waals surface area (Å²) < 4.78 is 15.9. The van der Waals surface area contributed by atoms with Gasteiger partial charge >= 0.3 is 0 Å². The number of rotatable bonds is 5. The molecule has 0 N–H and O–H groups in total. The minimum atomic E-state index is -0.0472. The summed E-state index contributed by atoms with van der Waals surface area (Å²) in [6.07, 6.45) is 3.80. The lowest BCUT2D eigenvalue weighted by molar-refractivity contribution is 0.484. The SMILES string of the molecule is CC(C)(C)c1ccnc(-c2cc(Oc3ccc4c5ccccc5n(-c5cc(C(C)(C)C)ccn5)c4c3)cc3c2oc2c(-c4ccccc4)cccc23)c1. The number of nitrogens with zero attached hydrogens (tertiary/aromatic N) is 3. The molecule has 0 spiro atoms. The zero-order valence-corrected chi connectivity index (χ0v) is 30.9. The van der Waals surface area contributed by atoms with Gasteiger partial charge in [-0.15, -0.1) is 0 Å². The summed E-state index contributed by atoms with van der Waals surface area (Å²) in [5.74, 6) is 2.32. The Kier molecular flexibility index (Phi) is 7.53. The van der Waals surface area contributed by atoms with Gasteiger partial charge in [0.05, 0.1) is 16.7 Å². The monoisotopic (exact) mass is 691 g/mol. The molecule has 0 bridgehead atoms. The Bertz CT molecular complexity index is 2830. The van der Waals surface area contributed by atoms with Crippen LogP contribution in [-0.4, -0.2) is 14.5 Å². The van der Waals surface area contributed by atoms with E-state index in [1.807, 2.05) is 18.5 Å². The van der Waals surface area contributed by atoms with Crippen molar-refractivity contribution >= 4 is 43.7 Å². The van der Waals surface area contributed by atoms with Crippen molar-refractivity contribution in [2.24, 2.45) is 0 Å². The fraction of sp³-hybridized carbons (Fsp3) is 0.167. The van der Waals surface area contributed by atoms with Crippen molar-refractivity contribution in [3.05, 3.63) is 151 Å². The van der Waals surface area contributed by atoms with Gasteiger partial charge in [-0.05, 0) is 82.1 Å². The third kappa shape index (κ3) is 5.73. The van der Waals surface area contributed by atoms with Crippen molar-refractivity contribution in [1.29, 1.82) is 0 Å². The van der Waals surface area contributed by atoms with E-state index in [1.165, 1.54) is 16.5 Å². The Morgan fingerprint density at radius 3 is 1.98 bits per heavy atom. The largest absolute Gasteiger partial charge is 0.457 e. The van der Waals surface area contributed by atoms with E-state index in [0.717, 1.165) is 72.3 Å². The van der Waals surface area contributed by atoms with Gasteiger partial charge in [-0.25, -0.2) is 4.98 Å². The molecule has 0 saturated carbocycles. The molecule has 0 aliphatic carbocycles. The molecule has 4 heterocycles. The van der Waals surface area contributed by atoms with Crippen LogP contribution in [-0.2, 0) is 10.8 Å². The Hall–Kier alpha value is -6.20. The quantitative estimate of drug-likeness (QED) is 0.180. The minimum absolute atomic E-state index is 0.0125. The Balaban J connectivity index is 1.24. The van der Waals surface area contributed by atoms with E-state index in [0.29, 0.717) is 5.75 Å². The van der Waals surface area contributed by atoms with Gasteiger partial charge in [0.1, 0.15) is 28.5 Å². The van der Waals surface area contributed by atoms with Crippen LogP contribution in [0, 0.1) is 0 Å². The van der Waals surface area contributed by atoms with E-state index in [9.17, 15) is 0 Å². The summed E-state index contributed by atoms with van der Waals surface area (Å²) >= 11 is 0. The molecular weight excluding hydrogens is 651 g/mol. The number of benzene rings is 5. The summed E-state index contributed by atoms with van der Waals surface area (Å²) in [6, 6.07) is 44.3. The number of hydrogen-bond donors (Lipinski definition) is 0. The van der Waals surface area contributed by atoms with E-state index >= 15 is 0 Å². The number of furan rings is 1. The van der Waals surface area contributed by atoms with Crippen LogP contribution in [0.3, 0.4) is 0 Å². The maximum absolute atomic E-state index is 6.85. The first kappa shape index (κ1) is 32.7. The minimum Gasteiger partial charge on any atom is -0.457 e. The fourth-order valence-electron chi connectivity index (χ4n) is 7.42. The average molecular weight is 692 g/mol. The van der Waals surface area contributed by atoms with Crippen molar-refractivity contribution in [3.8, 4) is 39.7 Å². The third-order valence-electron chi connectivity index (χ3n) is 10.3. The first-order valence-electron chi connectivity index (χ1n) is 18.2. The number of hydrogen-bond acceptors (Lipinski definition) is 4. The molecule has 9 rings (SSSR count). The topological polar surface area (TPSA) is 53.1 Å². The average Bonchev–Trinajstić information content (AvgIpc) is 3.70. The third-order valence-corrected chi connectivity index (χ3v) is 10.3. The highest BCUT2D eigenvalue weighted by molar-refractivity contribution is 6.13. The second-order valence-electron chi connectivity index (χ2n) is 16.0. The molecule has 0 atom stereocenters. The van der Waals surface area contributed by atoms with Gasteiger partial charge in [-0.3, -0.25) is 9.55 Å². The predicted octanol–water partition coefficient (Wildman–Crippen LogP) is 13.2. The zero-order chi connectivity index (χ0) is 36.5. The molecule has 0 aliphatic heterocycles. The predicted molar refractivity (Wildman–Crippen MR) is 218 cm³/mol. The molecule has 260 valence electrons. The van der Waals surface area contributed by atoms with E-state index in [2.05, 4.69) is 167 Å². The van der Waals surface area contributed by atoms with E-state index in [1.54, 1.807) is 0 Å². The lowest BCUT2D eigenvalue weighted by atomic mass is 9.87. The lowest BCUT2D eigenvalue weighted by Crippen LogP contribution is -2.12. The molecule has 53 heavy (non-hydrogen) atoms. The van der Waals surface area contributed by atoms with Crippen LogP contribution in [0.2, 0.25) is 0 Å². The number of fused-ring (bicyclic) bond motifs is 6. The maximum Gasteiger partial charge on any atom is 0.145 e. The molecular formula is C48H41N3O2. The highest BCUT2D eigenvalue weighted by Crippen LogP contribution is 2.43. The van der Waals surface area contributed by atoms with Gasteiger partial charge in [0.25, 0.3) is 0 Å². The van der Waals surface area contributed by atoms with Gasteiger partial charge < -0.3 is 9.15 Å². The normalized spacial score (nSPS) is 12.3. The fourth-order valence-corrected chi connectivity index (χ4v) is 7.42. The number of aromatic nitrogens is 3. The van der Waals surface area contributed by atoms with Crippen LogP contribution in [0.4, 0.5) is 0 Å². The summed E-state index contributed by atoms with van der Waals surface area (Å²) in [5.41, 5.74) is 10.0. The Morgan fingerprint density at radius 2 is 1.19 bits per heavy atom. The van der Waals surface area contributed by atoms with Gasteiger partial charge in [0, 0.05) is 51.1 Å². The summed E-state index contributed by atoms with van der Waals surface area (Å²) in [6.45, 7) is 13.4. The molecule has 0 saturated heterocycles. The summed E-state index contributed by atoms with van der Waals surface area (Å²) in [4.78, 5) is 9.75. The summed E-state index contributed by atoms with van der Waals surface area (Å²) in [7, 11) is 0. The van der Waals surface area contributed by atoms with E-state index < -0.39 is 0 Å². The maximum atomic E-state index is 6.85. The molecule has 0 amide bonds. The van der Waals surface area contributed by atoms with Crippen LogP contribution in [0.15, 0.2) is 144 Å². The van der Waals surface area contributed by atoms with Crippen molar-refractivity contribution in [3.63, 3.8) is 0 Å². The van der Waals surface area contributed by atoms with E-state index in [-0.39, 0.29) is 10.8 Å². The van der Waals surface area contributed by atoms with Gasteiger partial charge in [0.15, 0.2) is 0 Å². The second-order valence-corrected chi connectivity index (χ2v) is 16.0. The van der Waals surface area contributed by atoms with Gasteiger partial charge in [0.2, 0.25) is 0 Å². The number of para-hydroxylation sites is 2.